The fraction of sp³-hybridized carbons (Fsp3) is 0.923. The van der Waals surface area contributed by atoms with E-state index in [1.807, 2.05) is 27.7 Å². The Hall–Kier alpha value is -0.810. The highest BCUT2D eigenvalue weighted by Crippen LogP contribution is 1.85. The maximum absolute atomic E-state index is 10.6. The number of carbonyl (C=O) groups excluding carboxylic acids is 1. The van der Waals surface area contributed by atoms with Crippen molar-refractivity contribution in [3.05, 3.63) is 0 Å². The second kappa shape index (κ2) is 25.1. The lowest BCUT2D eigenvalue weighted by atomic mass is 10.3. The number of hydrogen-bond donors (Lipinski definition) is 3. The highest BCUT2D eigenvalue weighted by atomic mass is 16.5. The Kier molecular flexibility index (Phi) is 31.3. The van der Waals surface area contributed by atoms with Crippen LogP contribution in [0.4, 0.5) is 4.79 Å². The van der Waals surface area contributed by atoms with Gasteiger partial charge >= 0.3 is 6.09 Å². The molecule has 0 fully saturated rings. The van der Waals surface area contributed by atoms with Crippen LogP contribution in [0.2, 0.25) is 0 Å². The van der Waals surface area contributed by atoms with Crippen molar-refractivity contribution in [3.8, 4) is 0 Å². The van der Waals surface area contributed by atoms with Gasteiger partial charge in [0.15, 0.2) is 0 Å². The lowest BCUT2D eigenvalue weighted by molar-refractivity contribution is 0.171. The fourth-order valence-electron chi connectivity index (χ4n) is 0.990. The van der Waals surface area contributed by atoms with Crippen LogP contribution in [0.5, 0.6) is 0 Å². The molecule has 0 aliphatic heterocycles. The maximum atomic E-state index is 10.6. The van der Waals surface area contributed by atoms with Crippen LogP contribution >= 0.6 is 0 Å². The van der Waals surface area contributed by atoms with E-state index in [-0.39, 0.29) is 6.09 Å². The molecule has 0 radical (unpaired) electrons. The second-order valence-corrected chi connectivity index (χ2v) is 3.02. The van der Waals surface area contributed by atoms with E-state index < -0.39 is 0 Å². The van der Waals surface area contributed by atoms with Crippen LogP contribution in [0.15, 0.2) is 0 Å². The van der Waals surface area contributed by atoms with Gasteiger partial charge in [0.25, 0.3) is 0 Å². The molecule has 0 heterocycles. The molecule has 0 aliphatic rings. The zero-order valence-electron chi connectivity index (χ0n) is 12.8. The van der Waals surface area contributed by atoms with E-state index in [0.29, 0.717) is 6.54 Å². The average Bonchev–Trinajstić information content (AvgIpc) is 2.45. The molecule has 5 nitrogen and oxygen atoms in total. The summed E-state index contributed by atoms with van der Waals surface area (Å²) in [7, 11) is 1.36. The molecule has 0 aromatic heterocycles. The summed E-state index contributed by atoms with van der Waals surface area (Å²) in [6.45, 7) is 11.4. The Balaban J connectivity index is -0.000000506. The second-order valence-electron chi connectivity index (χ2n) is 3.02. The number of alkyl carbamates (subject to hydrolysis) is 1. The summed E-state index contributed by atoms with van der Waals surface area (Å²) in [6.07, 6.45) is 2.67. The predicted molar refractivity (Wildman–Crippen MR) is 78.9 cm³/mol. The molecule has 0 spiro atoms. The average molecular weight is 263 g/mol. The predicted octanol–water partition coefficient (Wildman–Crippen LogP) is 2.11. The summed E-state index contributed by atoms with van der Waals surface area (Å²) in [6, 6.07) is 0. The van der Waals surface area contributed by atoms with Gasteiger partial charge in [0.2, 0.25) is 0 Å². The van der Waals surface area contributed by atoms with Crippen molar-refractivity contribution in [3.63, 3.8) is 0 Å². The molecule has 0 saturated heterocycles. The molecule has 112 valence electrons. The van der Waals surface area contributed by atoms with E-state index in [1.165, 1.54) is 7.11 Å². The third kappa shape index (κ3) is 24.4. The molecule has 18 heavy (non-hydrogen) atoms. The number of hydrogen-bond acceptors (Lipinski definition) is 4. The number of rotatable bonds is 8. The van der Waals surface area contributed by atoms with Gasteiger partial charge in [-0.3, -0.25) is 0 Å². The molecule has 0 saturated carbocycles. The first kappa shape index (κ1) is 22.4. The highest BCUT2D eigenvalue weighted by Gasteiger charge is 1.95. The van der Waals surface area contributed by atoms with E-state index in [0.717, 1.165) is 38.9 Å². The number of nitrogens with two attached hydrogens (primary N) is 1. The van der Waals surface area contributed by atoms with Crippen molar-refractivity contribution in [2.24, 2.45) is 5.73 Å². The molecular formula is C13H33N3O2. The Bertz CT molecular complexity index is 144. The van der Waals surface area contributed by atoms with Gasteiger partial charge in [-0.15, -0.1) is 0 Å². The molecule has 0 unspecified atom stereocenters. The van der Waals surface area contributed by atoms with Crippen LogP contribution in [0.1, 0.15) is 47.0 Å². The zero-order chi connectivity index (χ0) is 14.6. The van der Waals surface area contributed by atoms with Crippen molar-refractivity contribution in [2.45, 2.75) is 47.0 Å². The number of nitrogens with one attached hydrogen (secondary N) is 2. The van der Waals surface area contributed by atoms with Gasteiger partial charge in [-0.2, -0.15) is 0 Å². The molecule has 0 atom stereocenters. The molecule has 5 heteroatoms. The molecule has 0 aromatic rings. The smallest absolute Gasteiger partial charge is 0.406 e. The van der Waals surface area contributed by atoms with Crippen LogP contribution in [-0.2, 0) is 4.74 Å². The third-order valence-electron chi connectivity index (χ3n) is 1.79. The van der Waals surface area contributed by atoms with E-state index in [4.69, 9.17) is 5.73 Å². The molecule has 4 N–H and O–H groups in total. The van der Waals surface area contributed by atoms with Crippen LogP contribution in [-0.4, -0.2) is 39.4 Å². The van der Waals surface area contributed by atoms with Crippen molar-refractivity contribution < 1.29 is 9.53 Å². The number of unbranched alkanes of at least 4 members (excludes halogenated alkanes) is 1. The Morgan fingerprint density at radius 2 is 1.50 bits per heavy atom. The van der Waals surface area contributed by atoms with Crippen LogP contribution in [0, 0.1) is 0 Å². The van der Waals surface area contributed by atoms with Crippen molar-refractivity contribution in [1.82, 2.24) is 10.6 Å². The van der Waals surface area contributed by atoms with Crippen molar-refractivity contribution in [1.29, 1.82) is 0 Å². The molecule has 0 bridgehead atoms. The summed E-state index contributed by atoms with van der Waals surface area (Å²) < 4.78 is 4.43. The van der Waals surface area contributed by atoms with Gasteiger partial charge in [0.1, 0.15) is 0 Å². The summed E-state index contributed by atoms with van der Waals surface area (Å²) in [4.78, 5) is 10.6. The van der Waals surface area contributed by atoms with E-state index in [1.54, 1.807) is 0 Å². The minimum Gasteiger partial charge on any atom is -0.453 e. The van der Waals surface area contributed by atoms with Gasteiger partial charge in [-0.25, -0.2) is 4.79 Å². The molecule has 0 aliphatic carbocycles. The van der Waals surface area contributed by atoms with Crippen molar-refractivity contribution in [2.75, 3.05) is 33.3 Å². The fourth-order valence-corrected chi connectivity index (χ4v) is 0.990. The maximum Gasteiger partial charge on any atom is 0.406 e. The quantitative estimate of drug-likeness (QED) is 0.586. The minimum atomic E-state index is -0.360. The van der Waals surface area contributed by atoms with Crippen LogP contribution in [0.3, 0.4) is 0 Å². The Labute approximate surface area is 113 Å². The summed E-state index contributed by atoms with van der Waals surface area (Å²) in [5, 5.41) is 5.89. The largest absolute Gasteiger partial charge is 0.453 e. The molecular weight excluding hydrogens is 230 g/mol. The van der Waals surface area contributed by atoms with E-state index in [2.05, 4.69) is 15.4 Å². The first-order valence-electron chi connectivity index (χ1n) is 7.04. The van der Waals surface area contributed by atoms with Gasteiger partial charge in [0, 0.05) is 6.54 Å². The highest BCUT2D eigenvalue weighted by molar-refractivity contribution is 5.66. The lowest BCUT2D eigenvalue weighted by Gasteiger charge is -2.04. The van der Waals surface area contributed by atoms with E-state index in [9.17, 15) is 4.79 Å². The zero-order valence-corrected chi connectivity index (χ0v) is 12.8. The first-order valence-corrected chi connectivity index (χ1v) is 7.04. The summed E-state index contributed by atoms with van der Waals surface area (Å²) in [5.41, 5.74) is 5.34. The molecule has 0 aromatic carbocycles. The SMILES string of the molecule is CC.CC.COC(=O)NCCCCNCCCN. The Morgan fingerprint density at radius 3 is 2.00 bits per heavy atom. The number of amides is 1. The topological polar surface area (TPSA) is 76.4 Å². The molecule has 0 rings (SSSR count). The third-order valence-corrected chi connectivity index (χ3v) is 1.79. The van der Waals surface area contributed by atoms with Crippen LogP contribution in [0.25, 0.3) is 0 Å². The number of methoxy groups -OCH3 is 1. The Morgan fingerprint density at radius 1 is 1.00 bits per heavy atom. The summed E-state index contributed by atoms with van der Waals surface area (Å²) in [5.74, 6) is 0. The minimum absolute atomic E-state index is 0.360. The molecule has 1 amide bonds. The first-order chi connectivity index (χ1) is 8.81. The van der Waals surface area contributed by atoms with E-state index >= 15 is 0 Å². The normalized spacial score (nSPS) is 8.33. The van der Waals surface area contributed by atoms with Crippen molar-refractivity contribution >= 4 is 6.09 Å². The van der Waals surface area contributed by atoms with Gasteiger partial charge in [-0.05, 0) is 38.9 Å². The standard InChI is InChI=1S/C9H21N3O2.2C2H6/c1-14-9(13)12-8-3-2-6-11-7-4-5-10;2*1-2/h11H,2-8,10H2,1H3,(H,12,13);2*1-2H3. The lowest BCUT2D eigenvalue weighted by Crippen LogP contribution is -2.25. The van der Waals surface area contributed by atoms with Gasteiger partial charge in [0.05, 0.1) is 7.11 Å². The van der Waals surface area contributed by atoms with Gasteiger partial charge < -0.3 is 21.1 Å². The number of carbonyl (C=O) groups is 1. The number of ether oxygens (including phenoxy) is 1. The monoisotopic (exact) mass is 263 g/mol. The van der Waals surface area contributed by atoms with Crippen LogP contribution < -0.4 is 16.4 Å². The summed E-state index contributed by atoms with van der Waals surface area (Å²) >= 11 is 0. The van der Waals surface area contributed by atoms with Gasteiger partial charge in [-0.1, -0.05) is 27.7 Å².